The molecule has 1 amide bonds. The van der Waals surface area contributed by atoms with Crippen LogP contribution < -0.4 is 5.32 Å². The van der Waals surface area contributed by atoms with Crippen LogP contribution in [0.5, 0.6) is 0 Å². The summed E-state index contributed by atoms with van der Waals surface area (Å²) in [4.78, 5) is 25.6. The molecule has 24 heavy (non-hydrogen) atoms. The van der Waals surface area contributed by atoms with Gasteiger partial charge in [0, 0.05) is 17.4 Å². The van der Waals surface area contributed by atoms with Crippen LogP contribution in [0.25, 0.3) is 10.4 Å². The Labute approximate surface area is 145 Å². The highest BCUT2D eigenvalue weighted by atomic mass is 32.1. The molecular weight excluding hydrogens is 322 g/mol. The monoisotopic (exact) mass is 341 g/mol. The van der Waals surface area contributed by atoms with E-state index in [0.717, 1.165) is 21.6 Å². The average Bonchev–Trinajstić information content (AvgIpc) is 3.01. The standard InChI is InChI=1S/C19H19NO3S/c1-4-23-19(22)16-14-10-12-7-5-6-8-13(12)17(14)24-18(16)20-15(21)9-11(2)3/h5-9H,4,10H2,1-3H3,(H,20,21). The summed E-state index contributed by atoms with van der Waals surface area (Å²) in [6.07, 6.45) is 2.21. The lowest BCUT2D eigenvalue weighted by molar-refractivity contribution is -0.111. The van der Waals surface area contributed by atoms with Crippen molar-refractivity contribution in [1.29, 1.82) is 0 Å². The van der Waals surface area contributed by atoms with E-state index in [2.05, 4.69) is 11.4 Å². The molecule has 1 heterocycles. The maximum absolute atomic E-state index is 12.5. The molecular formula is C19H19NO3S. The minimum absolute atomic E-state index is 0.228. The van der Waals surface area contributed by atoms with E-state index in [1.54, 1.807) is 6.92 Å². The van der Waals surface area contributed by atoms with Crippen molar-refractivity contribution in [2.45, 2.75) is 27.2 Å². The van der Waals surface area contributed by atoms with Crippen LogP contribution in [0.15, 0.2) is 35.9 Å². The fourth-order valence-corrected chi connectivity index (χ4v) is 4.13. The Kier molecular flexibility index (Phi) is 4.53. The van der Waals surface area contributed by atoms with Gasteiger partial charge in [-0.1, -0.05) is 29.8 Å². The zero-order chi connectivity index (χ0) is 17.3. The van der Waals surface area contributed by atoms with Crippen molar-refractivity contribution in [3.63, 3.8) is 0 Å². The molecule has 1 aromatic carbocycles. The molecule has 1 aromatic heterocycles. The third kappa shape index (κ3) is 2.99. The molecule has 2 aromatic rings. The van der Waals surface area contributed by atoms with Crippen LogP contribution in [0.1, 0.15) is 42.3 Å². The summed E-state index contributed by atoms with van der Waals surface area (Å²) in [6, 6.07) is 8.10. The number of thiophene rings is 1. The smallest absolute Gasteiger partial charge is 0.341 e. The molecule has 0 saturated carbocycles. The summed E-state index contributed by atoms with van der Waals surface area (Å²) in [5.74, 6) is -0.607. The minimum atomic E-state index is -0.379. The Bertz CT molecular complexity index is 844. The molecule has 0 bridgehead atoms. The molecule has 0 radical (unpaired) electrons. The lowest BCUT2D eigenvalue weighted by Crippen LogP contribution is -2.13. The average molecular weight is 341 g/mol. The van der Waals surface area contributed by atoms with E-state index in [1.165, 1.54) is 23.0 Å². The molecule has 1 aliphatic rings. The number of benzene rings is 1. The highest BCUT2D eigenvalue weighted by Gasteiger charge is 2.31. The molecule has 0 spiro atoms. The summed E-state index contributed by atoms with van der Waals surface area (Å²) in [5.41, 5.74) is 4.67. The fourth-order valence-electron chi connectivity index (χ4n) is 2.86. The first-order valence-corrected chi connectivity index (χ1v) is 8.69. The highest BCUT2D eigenvalue weighted by Crippen LogP contribution is 2.47. The van der Waals surface area contributed by atoms with Gasteiger partial charge in [0.15, 0.2) is 0 Å². The number of anilines is 1. The summed E-state index contributed by atoms with van der Waals surface area (Å²) >= 11 is 1.44. The van der Waals surface area contributed by atoms with Crippen LogP contribution in [-0.2, 0) is 16.0 Å². The molecule has 1 aliphatic carbocycles. The van der Waals surface area contributed by atoms with Crippen LogP contribution in [0.2, 0.25) is 0 Å². The second-order valence-electron chi connectivity index (χ2n) is 5.88. The number of carbonyl (C=O) groups is 2. The van der Waals surface area contributed by atoms with Gasteiger partial charge in [-0.15, -0.1) is 11.3 Å². The van der Waals surface area contributed by atoms with Gasteiger partial charge < -0.3 is 10.1 Å². The van der Waals surface area contributed by atoms with Gasteiger partial charge in [0.05, 0.1) is 12.2 Å². The van der Waals surface area contributed by atoms with Gasteiger partial charge in [0.2, 0.25) is 5.91 Å². The molecule has 1 N–H and O–H groups in total. The molecule has 3 rings (SSSR count). The zero-order valence-corrected chi connectivity index (χ0v) is 14.8. The number of fused-ring (bicyclic) bond motifs is 3. The maximum Gasteiger partial charge on any atom is 0.341 e. The van der Waals surface area contributed by atoms with E-state index in [0.29, 0.717) is 23.6 Å². The van der Waals surface area contributed by atoms with Gasteiger partial charge in [-0.25, -0.2) is 4.79 Å². The van der Waals surface area contributed by atoms with Gasteiger partial charge in [-0.3, -0.25) is 4.79 Å². The topological polar surface area (TPSA) is 55.4 Å². The maximum atomic E-state index is 12.5. The molecule has 124 valence electrons. The number of nitrogens with one attached hydrogen (secondary N) is 1. The summed E-state index contributed by atoms with van der Waals surface area (Å²) in [5, 5.41) is 3.41. The van der Waals surface area contributed by atoms with E-state index in [1.807, 2.05) is 32.0 Å². The summed E-state index contributed by atoms with van der Waals surface area (Å²) < 4.78 is 5.21. The summed E-state index contributed by atoms with van der Waals surface area (Å²) in [7, 11) is 0. The van der Waals surface area contributed by atoms with Crippen molar-refractivity contribution in [1.82, 2.24) is 0 Å². The number of ether oxygens (including phenoxy) is 1. The van der Waals surface area contributed by atoms with Crippen LogP contribution >= 0.6 is 11.3 Å². The molecule has 0 unspecified atom stereocenters. The number of allylic oxidation sites excluding steroid dienone is 1. The minimum Gasteiger partial charge on any atom is -0.462 e. The first kappa shape index (κ1) is 16.5. The Balaban J connectivity index is 2.05. The van der Waals surface area contributed by atoms with E-state index in [9.17, 15) is 9.59 Å². The third-order valence-electron chi connectivity index (χ3n) is 3.77. The number of carbonyl (C=O) groups excluding carboxylic acids is 2. The highest BCUT2D eigenvalue weighted by molar-refractivity contribution is 7.20. The lowest BCUT2D eigenvalue weighted by atomic mass is 10.1. The molecule has 5 heteroatoms. The van der Waals surface area contributed by atoms with Gasteiger partial charge in [-0.2, -0.15) is 0 Å². The van der Waals surface area contributed by atoms with Gasteiger partial charge in [-0.05, 0) is 37.5 Å². The number of amides is 1. The fraction of sp³-hybridized carbons (Fsp3) is 0.263. The van der Waals surface area contributed by atoms with Crippen LogP contribution in [0, 0.1) is 0 Å². The van der Waals surface area contributed by atoms with Gasteiger partial charge >= 0.3 is 5.97 Å². The predicted octanol–water partition coefficient (Wildman–Crippen LogP) is 4.40. The van der Waals surface area contributed by atoms with Crippen LogP contribution in [-0.4, -0.2) is 18.5 Å². The van der Waals surface area contributed by atoms with Gasteiger partial charge in [0.25, 0.3) is 0 Å². The van der Waals surface area contributed by atoms with E-state index < -0.39 is 0 Å². The van der Waals surface area contributed by atoms with Crippen molar-refractivity contribution >= 4 is 28.2 Å². The van der Waals surface area contributed by atoms with Crippen molar-refractivity contribution in [2.75, 3.05) is 11.9 Å². The second-order valence-corrected chi connectivity index (χ2v) is 6.90. The number of hydrogen-bond acceptors (Lipinski definition) is 4. The van der Waals surface area contributed by atoms with E-state index >= 15 is 0 Å². The van der Waals surface area contributed by atoms with E-state index in [-0.39, 0.29) is 11.9 Å². The van der Waals surface area contributed by atoms with Crippen molar-refractivity contribution in [3.8, 4) is 10.4 Å². The number of hydrogen-bond donors (Lipinski definition) is 1. The second kappa shape index (κ2) is 6.61. The normalized spacial score (nSPS) is 11.5. The lowest BCUT2D eigenvalue weighted by Gasteiger charge is -2.07. The van der Waals surface area contributed by atoms with Gasteiger partial charge in [0.1, 0.15) is 5.00 Å². The first-order valence-electron chi connectivity index (χ1n) is 7.88. The molecule has 0 atom stereocenters. The number of rotatable bonds is 4. The SMILES string of the molecule is CCOC(=O)c1c(NC(=O)C=C(C)C)sc2c1Cc1ccccc1-2. The Morgan fingerprint density at radius 1 is 1.29 bits per heavy atom. The molecule has 0 fully saturated rings. The van der Waals surface area contributed by atoms with E-state index in [4.69, 9.17) is 4.74 Å². The first-order chi connectivity index (χ1) is 11.5. The van der Waals surface area contributed by atoms with Crippen molar-refractivity contribution < 1.29 is 14.3 Å². The molecule has 0 aliphatic heterocycles. The summed E-state index contributed by atoms with van der Waals surface area (Å²) in [6.45, 7) is 5.80. The van der Waals surface area contributed by atoms with Crippen LogP contribution in [0.4, 0.5) is 5.00 Å². The largest absolute Gasteiger partial charge is 0.462 e. The Morgan fingerprint density at radius 2 is 2.04 bits per heavy atom. The molecule has 0 saturated heterocycles. The van der Waals surface area contributed by atoms with Crippen molar-refractivity contribution in [3.05, 3.63) is 52.6 Å². The Morgan fingerprint density at radius 3 is 2.75 bits per heavy atom. The quantitative estimate of drug-likeness (QED) is 0.565. The predicted molar refractivity (Wildman–Crippen MR) is 96.6 cm³/mol. The molecule has 4 nitrogen and oxygen atoms in total. The Hall–Kier alpha value is -2.40. The van der Waals surface area contributed by atoms with Crippen LogP contribution in [0.3, 0.4) is 0 Å². The zero-order valence-electron chi connectivity index (χ0n) is 13.9. The number of esters is 1. The van der Waals surface area contributed by atoms with Crippen molar-refractivity contribution in [2.24, 2.45) is 0 Å². The third-order valence-corrected chi connectivity index (χ3v) is 4.95.